The molecule has 0 aliphatic carbocycles. The van der Waals surface area contributed by atoms with Crippen LogP contribution in [0.25, 0.3) is 0 Å². The maximum Gasteiger partial charge on any atom is 0.187 e. The topological polar surface area (TPSA) is 31.2 Å². The van der Waals surface area contributed by atoms with E-state index in [0.717, 1.165) is 22.9 Å². The summed E-state index contributed by atoms with van der Waals surface area (Å²) < 4.78 is 0. The van der Waals surface area contributed by atoms with E-state index in [1.54, 1.807) is 0 Å². The predicted octanol–water partition coefficient (Wildman–Crippen LogP) is 5.18. The molecular weight excluding hydrogens is 352 g/mol. The molecule has 0 amide bonds. The van der Waals surface area contributed by atoms with Crippen molar-refractivity contribution in [3.8, 4) is 0 Å². The lowest BCUT2D eigenvalue weighted by Crippen LogP contribution is -2.31. The second-order valence-electron chi connectivity index (χ2n) is 6.05. The molecule has 0 aromatic heterocycles. The Bertz CT molecular complexity index is 998. The fourth-order valence-corrected chi connectivity index (χ4v) is 3.14. The molecular formula is C22H18N4S. The SMILES string of the molecule is CN1C(=S)N(c2ccccc2)C(=Nc2ccccc2)C1=Nc1ccccc1. The van der Waals surface area contributed by atoms with Gasteiger partial charge in [0.2, 0.25) is 0 Å². The van der Waals surface area contributed by atoms with Crippen LogP contribution in [0.5, 0.6) is 0 Å². The number of likely N-dealkylation sites (N-methyl/N-ethyl adjacent to an activating group) is 1. The Labute approximate surface area is 164 Å². The van der Waals surface area contributed by atoms with Crippen LogP contribution in [-0.4, -0.2) is 28.7 Å². The monoisotopic (exact) mass is 370 g/mol. The Morgan fingerprint density at radius 1 is 0.630 bits per heavy atom. The van der Waals surface area contributed by atoms with E-state index >= 15 is 0 Å². The fraction of sp³-hybridized carbons (Fsp3) is 0.0455. The molecule has 0 saturated carbocycles. The van der Waals surface area contributed by atoms with Crippen molar-refractivity contribution in [2.75, 3.05) is 11.9 Å². The van der Waals surface area contributed by atoms with E-state index in [1.807, 2.05) is 108 Å². The van der Waals surface area contributed by atoms with Crippen LogP contribution < -0.4 is 4.90 Å². The van der Waals surface area contributed by atoms with Crippen LogP contribution in [0.2, 0.25) is 0 Å². The maximum atomic E-state index is 5.72. The summed E-state index contributed by atoms with van der Waals surface area (Å²) in [6.07, 6.45) is 0. The number of para-hydroxylation sites is 3. The number of anilines is 1. The first-order valence-electron chi connectivity index (χ1n) is 8.65. The van der Waals surface area contributed by atoms with E-state index in [9.17, 15) is 0 Å². The minimum atomic E-state index is 0.644. The minimum Gasteiger partial charge on any atom is -0.303 e. The summed E-state index contributed by atoms with van der Waals surface area (Å²) in [4.78, 5) is 13.6. The minimum absolute atomic E-state index is 0.644. The van der Waals surface area contributed by atoms with E-state index in [-0.39, 0.29) is 0 Å². The fourth-order valence-electron chi connectivity index (χ4n) is 2.87. The van der Waals surface area contributed by atoms with Gasteiger partial charge in [0.1, 0.15) is 0 Å². The van der Waals surface area contributed by atoms with Gasteiger partial charge in [-0.2, -0.15) is 0 Å². The highest BCUT2D eigenvalue weighted by atomic mass is 32.1. The Morgan fingerprint density at radius 3 is 1.59 bits per heavy atom. The second-order valence-corrected chi connectivity index (χ2v) is 6.42. The van der Waals surface area contributed by atoms with Gasteiger partial charge in [0, 0.05) is 12.7 Å². The van der Waals surface area contributed by atoms with Crippen molar-refractivity contribution < 1.29 is 0 Å². The van der Waals surface area contributed by atoms with Crippen LogP contribution in [0.3, 0.4) is 0 Å². The van der Waals surface area contributed by atoms with Gasteiger partial charge in [-0.3, -0.25) is 4.90 Å². The average molecular weight is 370 g/mol. The molecule has 132 valence electrons. The third kappa shape index (κ3) is 3.50. The van der Waals surface area contributed by atoms with Crippen LogP contribution >= 0.6 is 12.2 Å². The Balaban J connectivity index is 1.88. The van der Waals surface area contributed by atoms with E-state index in [4.69, 9.17) is 22.2 Å². The smallest absolute Gasteiger partial charge is 0.187 e. The zero-order valence-electron chi connectivity index (χ0n) is 14.9. The standard InChI is InChI=1S/C22H18N4S/c1-25-20(23-17-11-5-2-6-12-17)21(24-18-13-7-3-8-14-18)26(22(25)27)19-15-9-4-10-16-19/h2-16H,1H3. The second kappa shape index (κ2) is 7.51. The maximum absolute atomic E-state index is 5.72. The number of nitrogens with zero attached hydrogens (tertiary/aromatic N) is 4. The number of aliphatic imine (C=N–C) groups is 2. The van der Waals surface area contributed by atoms with Crippen LogP contribution in [0.15, 0.2) is 101 Å². The molecule has 1 saturated heterocycles. The van der Waals surface area contributed by atoms with Crippen molar-refractivity contribution in [1.29, 1.82) is 0 Å². The number of rotatable bonds is 3. The largest absolute Gasteiger partial charge is 0.303 e. The van der Waals surface area contributed by atoms with E-state index in [2.05, 4.69) is 0 Å². The molecule has 0 radical (unpaired) electrons. The van der Waals surface area contributed by atoms with Crippen molar-refractivity contribution >= 4 is 46.1 Å². The third-order valence-electron chi connectivity index (χ3n) is 4.20. The number of benzene rings is 3. The normalized spacial score (nSPS) is 17.1. The van der Waals surface area contributed by atoms with Gasteiger partial charge in [-0.05, 0) is 48.6 Å². The average Bonchev–Trinajstić information content (AvgIpc) is 2.95. The first kappa shape index (κ1) is 17.1. The van der Waals surface area contributed by atoms with Crippen LogP contribution in [0.4, 0.5) is 17.1 Å². The lowest BCUT2D eigenvalue weighted by Gasteiger charge is -2.17. The number of amidine groups is 2. The molecule has 5 heteroatoms. The van der Waals surface area contributed by atoms with Gasteiger partial charge in [-0.25, -0.2) is 9.98 Å². The summed E-state index contributed by atoms with van der Waals surface area (Å²) in [5.74, 6) is 1.43. The highest BCUT2D eigenvalue weighted by Gasteiger charge is 2.36. The zero-order valence-corrected chi connectivity index (χ0v) is 15.7. The number of hydrogen-bond acceptors (Lipinski definition) is 3. The predicted molar refractivity (Wildman–Crippen MR) is 116 cm³/mol. The van der Waals surface area contributed by atoms with Gasteiger partial charge >= 0.3 is 0 Å². The molecule has 27 heavy (non-hydrogen) atoms. The van der Waals surface area contributed by atoms with Gasteiger partial charge in [0.15, 0.2) is 16.8 Å². The van der Waals surface area contributed by atoms with Crippen LogP contribution in [0, 0.1) is 0 Å². The molecule has 1 fully saturated rings. The molecule has 1 aliphatic heterocycles. The van der Waals surface area contributed by atoms with Gasteiger partial charge in [-0.1, -0.05) is 54.6 Å². The van der Waals surface area contributed by atoms with Crippen molar-refractivity contribution in [3.63, 3.8) is 0 Å². The highest BCUT2D eigenvalue weighted by molar-refractivity contribution is 7.80. The summed E-state index contributed by atoms with van der Waals surface area (Å²) in [6.45, 7) is 0. The quantitative estimate of drug-likeness (QED) is 0.595. The molecule has 1 heterocycles. The summed E-state index contributed by atoms with van der Waals surface area (Å²) >= 11 is 5.72. The van der Waals surface area contributed by atoms with Crippen LogP contribution in [-0.2, 0) is 0 Å². The van der Waals surface area contributed by atoms with Gasteiger partial charge < -0.3 is 4.90 Å². The van der Waals surface area contributed by atoms with E-state index in [0.29, 0.717) is 10.9 Å². The number of thiocarbonyl (C=S) groups is 1. The molecule has 3 aromatic rings. The molecule has 0 spiro atoms. The van der Waals surface area contributed by atoms with Crippen LogP contribution in [0.1, 0.15) is 0 Å². The van der Waals surface area contributed by atoms with Gasteiger partial charge in [0.05, 0.1) is 11.4 Å². The molecule has 0 unspecified atom stereocenters. The van der Waals surface area contributed by atoms with E-state index in [1.165, 1.54) is 0 Å². The molecule has 0 bridgehead atoms. The highest BCUT2D eigenvalue weighted by Crippen LogP contribution is 2.26. The van der Waals surface area contributed by atoms with Crippen molar-refractivity contribution in [1.82, 2.24) is 4.90 Å². The van der Waals surface area contributed by atoms with Crippen molar-refractivity contribution in [2.24, 2.45) is 9.98 Å². The van der Waals surface area contributed by atoms with Gasteiger partial charge in [-0.15, -0.1) is 0 Å². The van der Waals surface area contributed by atoms with Crippen molar-refractivity contribution in [3.05, 3.63) is 91.0 Å². The molecule has 0 N–H and O–H groups in total. The molecule has 4 rings (SSSR count). The lowest BCUT2D eigenvalue weighted by molar-refractivity contribution is 0.786. The Kier molecular flexibility index (Phi) is 4.77. The van der Waals surface area contributed by atoms with E-state index < -0.39 is 0 Å². The third-order valence-corrected chi connectivity index (χ3v) is 4.66. The molecule has 0 atom stereocenters. The molecule has 4 nitrogen and oxygen atoms in total. The first-order valence-corrected chi connectivity index (χ1v) is 9.05. The summed E-state index contributed by atoms with van der Waals surface area (Å²) in [6, 6.07) is 29.7. The first-order chi connectivity index (χ1) is 13.2. The molecule has 1 aliphatic rings. The van der Waals surface area contributed by atoms with Crippen molar-refractivity contribution in [2.45, 2.75) is 0 Å². The lowest BCUT2D eigenvalue weighted by atomic mass is 10.3. The Morgan fingerprint density at radius 2 is 1.07 bits per heavy atom. The zero-order chi connectivity index (χ0) is 18.6. The van der Waals surface area contributed by atoms with Gasteiger partial charge in [0.25, 0.3) is 0 Å². The Hall–Kier alpha value is -3.31. The summed E-state index contributed by atoms with van der Waals surface area (Å²) in [5, 5.41) is 0.644. The number of hydrogen-bond donors (Lipinski definition) is 0. The summed E-state index contributed by atoms with van der Waals surface area (Å²) in [7, 11) is 1.92. The summed E-state index contributed by atoms with van der Waals surface area (Å²) in [5.41, 5.74) is 2.67. The molecule has 3 aromatic carbocycles.